The van der Waals surface area contributed by atoms with Crippen LogP contribution in [0.1, 0.15) is 40.0 Å². The highest BCUT2D eigenvalue weighted by atomic mass is 16.4. The molecule has 0 aromatic carbocycles. The Morgan fingerprint density at radius 1 is 1.50 bits per heavy atom. The molecule has 2 atom stereocenters. The van der Waals surface area contributed by atoms with Crippen molar-refractivity contribution in [1.82, 2.24) is 5.32 Å². The molecule has 0 heterocycles. The van der Waals surface area contributed by atoms with Gasteiger partial charge in [-0.15, -0.1) is 0 Å². The smallest absolute Gasteiger partial charge is 0.329 e. The van der Waals surface area contributed by atoms with E-state index in [2.05, 4.69) is 5.32 Å². The summed E-state index contributed by atoms with van der Waals surface area (Å²) < 4.78 is 0. The molecule has 0 aromatic rings. The molecule has 1 amide bonds. The van der Waals surface area contributed by atoms with Crippen LogP contribution in [0.2, 0.25) is 0 Å². The maximum absolute atomic E-state index is 11.7. The van der Waals surface area contributed by atoms with Crippen molar-refractivity contribution in [3.8, 4) is 0 Å². The van der Waals surface area contributed by atoms with Gasteiger partial charge in [-0.25, -0.2) is 4.79 Å². The van der Waals surface area contributed by atoms with Crippen LogP contribution in [0, 0.1) is 5.92 Å². The minimum Gasteiger partial charge on any atom is -0.480 e. The van der Waals surface area contributed by atoms with E-state index in [1.807, 2.05) is 6.92 Å². The lowest BCUT2D eigenvalue weighted by Crippen LogP contribution is -2.53. The van der Waals surface area contributed by atoms with Gasteiger partial charge in [0.25, 0.3) is 0 Å². The second-order valence-corrected chi connectivity index (χ2v) is 4.35. The number of aliphatic carboxylic acids is 1. The highest BCUT2D eigenvalue weighted by Crippen LogP contribution is 2.14. The summed E-state index contributed by atoms with van der Waals surface area (Å²) in [5, 5.41) is 11.7. The zero-order valence-corrected chi connectivity index (χ0v) is 10.2. The van der Waals surface area contributed by atoms with Gasteiger partial charge < -0.3 is 16.2 Å². The lowest BCUT2D eigenvalue weighted by Gasteiger charge is -2.27. The van der Waals surface area contributed by atoms with Gasteiger partial charge in [0.1, 0.15) is 5.54 Å². The Hall–Kier alpha value is -1.10. The van der Waals surface area contributed by atoms with Crippen molar-refractivity contribution < 1.29 is 14.7 Å². The van der Waals surface area contributed by atoms with E-state index in [0.29, 0.717) is 25.8 Å². The first-order chi connectivity index (χ1) is 7.37. The molecule has 5 heteroatoms. The number of carboxylic acid groups (broad SMARTS) is 1. The summed E-state index contributed by atoms with van der Waals surface area (Å²) in [6, 6.07) is 0. The Labute approximate surface area is 96.4 Å². The third-order valence-corrected chi connectivity index (χ3v) is 2.67. The summed E-state index contributed by atoms with van der Waals surface area (Å²) >= 11 is 0. The zero-order chi connectivity index (χ0) is 12.8. The van der Waals surface area contributed by atoms with E-state index in [0.717, 1.165) is 0 Å². The molecular formula is C11H22N2O3. The summed E-state index contributed by atoms with van der Waals surface area (Å²) in [7, 11) is 0. The molecule has 0 saturated carbocycles. The first kappa shape index (κ1) is 14.9. The van der Waals surface area contributed by atoms with E-state index in [1.165, 1.54) is 6.92 Å². The van der Waals surface area contributed by atoms with E-state index < -0.39 is 11.5 Å². The number of nitrogens with two attached hydrogens (primary N) is 1. The van der Waals surface area contributed by atoms with Gasteiger partial charge in [-0.3, -0.25) is 4.79 Å². The molecule has 0 aliphatic carbocycles. The van der Waals surface area contributed by atoms with Crippen molar-refractivity contribution in [3.05, 3.63) is 0 Å². The lowest BCUT2D eigenvalue weighted by atomic mass is 9.94. The number of hydrogen-bond acceptors (Lipinski definition) is 3. The SMILES string of the molecule is CCCC(C)(NC(=O)C(C)CCN)C(=O)O. The lowest BCUT2D eigenvalue weighted by molar-refractivity contribution is -0.147. The number of carbonyl (C=O) groups excluding carboxylic acids is 1. The largest absolute Gasteiger partial charge is 0.480 e. The number of carboxylic acids is 1. The maximum Gasteiger partial charge on any atom is 0.329 e. The normalized spacial score (nSPS) is 16.2. The maximum atomic E-state index is 11.7. The van der Waals surface area contributed by atoms with Crippen LogP contribution in [0.3, 0.4) is 0 Å². The van der Waals surface area contributed by atoms with Crippen LogP contribution in [0.25, 0.3) is 0 Å². The molecule has 0 fully saturated rings. The quantitative estimate of drug-likeness (QED) is 0.601. The molecule has 16 heavy (non-hydrogen) atoms. The molecule has 0 rings (SSSR count). The summed E-state index contributed by atoms with van der Waals surface area (Å²) in [5.74, 6) is -1.49. The summed E-state index contributed by atoms with van der Waals surface area (Å²) in [5.41, 5.74) is 4.18. The third kappa shape index (κ3) is 4.18. The summed E-state index contributed by atoms with van der Waals surface area (Å²) in [6.45, 7) is 5.59. The average molecular weight is 230 g/mol. The second-order valence-electron chi connectivity index (χ2n) is 4.35. The molecule has 0 spiro atoms. The van der Waals surface area contributed by atoms with Crippen molar-refractivity contribution in [1.29, 1.82) is 0 Å². The molecule has 0 radical (unpaired) electrons. The van der Waals surface area contributed by atoms with Crippen LogP contribution in [0.15, 0.2) is 0 Å². The standard InChI is InChI=1S/C11H22N2O3/c1-4-6-11(3,10(15)16)13-9(14)8(2)5-7-12/h8H,4-7,12H2,1-3H3,(H,13,14)(H,15,16). The van der Waals surface area contributed by atoms with Crippen molar-refractivity contribution in [2.24, 2.45) is 11.7 Å². The number of nitrogens with one attached hydrogen (secondary N) is 1. The van der Waals surface area contributed by atoms with Crippen LogP contribution < -0.4 is 11.1 Å². The van der Waals surface area contributed by atoms with Gasteiger partial charge in [0, 0.05) is 5.92 Å². The Morgan fingerprint density at radius 3 is 2.44 bits per heavy atom. The highest BCUT2D eigenvalue weighted by molar-refractivity contribution is 5.87. The minimum absolute atomic E-state index is 0.246. The van der Waals surface area contributed by atoms with Gasteiger partial charge in [-0.05, 0) is 26.3 Å². The van der Waals surface area contributed by atoms with Gasteiger partial charge in [-0.1, -0.05) is 20.3 Å². The molecule has 2 unspecified atom stereocenters. The summed E-state index contributed by atoms with van der Waals surface area (Å²) in [4.78, 5) is 22.8. The van der Waals surface area contributed by atoms with Gasteiger partial charge in [0.05, 0.1) is 0 Å². The van der Waals surface area contributed by atoms with Crippen LogP contribution in [-0.4, -0.2) is 29.1 Å². The predicted octanol–water partition coefficient (Wildman–Crippen LogP) is 0.731. The van der Waals surface area contributed by atoms with Gasteiger partial charge >= 0.3 is 5.97 Å². The fourth-order valence-corrected chi connectivity index (χ4v) is 1.50. The molecule has 0 aliphatic rings. The van der Waals surface area contributed by atoms with Crippen LogP contribution in [0.5, 0.6) is 0 Å². The monoisotopic (exact) mass is 230 g/mol. The van der Waals surface area contributed by atoms with Crippen LogP contribution >= 0.6 is 0 Å². The molecular weight excluding hydrogens is 208 g/mol. The van der Waals surface area contributed by atoms with E-state index >= 15 is 0 Å². The fraction of sp³-hybridized carbons (Fsp3) is 0.818. The molecule has 94 valence electrons. The van der Waals surface area contributed by atoms with E-state index in [4.69, 9.17) is 10.8 Å². The third-order valence-electron chi connectivity index (χ3n) is 2.67. The Bertz CT molecular complexity index is 256. The van der Waals surface area contributed by atoms with E-state index in [9.17, 15) is 9.59 Å². The van der Waals surface area contributed by atoms with Crippen LogP contribution in [-0.2, 0) is 9.59 Å². The van der Waals surface area contributed by atoms with Crippen molar-refractivity contribution in [2.75, 3.05) is 6.54 Å². The topological polar surface area (TPSA) is 92.4 Å². The Kier molecular flexibility index (Phi) is 6.03. The number of amides is 1. The van der Waals surface area contributed by atoms with Crippen molar-refractivity contribution in [3.63, 3.8) is 0 Å². The predicted molar refractivity (Wildman–Crippen MR) is 61.9 cm³/mol. The van der Waals surface area contributed by atoms with E-state index in [-0.39, 0.29) is 11.8 Å². The summed E-state index contributed by atoms with van der Waals surface area (Å²) in [6.07, 6.45) is 1.69. The van der Waals surface area contributed by atoms with Gasteiger partial charge in [0.2, 0.25) is 5.91 Å². The minimum atomic E-state index is -1.17. The molecule has 0 saturated heterocycles. The fourth-order valence-electron chi connectivity index (χ4n) is 1.50. The number of hydrogen-bond donors (Lipinski definition) is 3. The number of carbonyl (C=O) groups is 2. The van der Waals surface area contributed by atoms with Gasteiger partial charge in [0.15, 0.2) is 0 Å². The van der Waals surface area contributed by atoms with E-state index in [1.54, 1.807) is 6.92 Å². The van der Waals surface area contributed by atoms with Crippen molar-refractivity contribution >= 4 is 11.9 Å². The number of rotatable bonds is 7. The molecule has 4 N–H and O–H groups in total. The van der Waals surface area contributed by atoms with Crippen molar-refractivity contribution in [2.45, 2.75) is 45.6 Å². The van der Waals surface area contributed by atoms with Crippen LogP contribution in [0.4, 0.5) is 0 Å². The molecule has 0 bridgehead atoms. The average Bonchev–Trinajstić information content (AvgIpc) is 2.18. The Morgan fingerprint density at radius 2 is 2.06 bits per heavy atom. The first-order valence-electron chi connectivity index (χ1n) is 5.63. The Balaban J connectivity index is 4.52. The highest BCUT2D eigenvalue weighted by Gasteiger charge is 2.34. The van der Waals surface area contributed by atoms with Gasteiger partial charge in [-0.2, -0.15) is 0 Å². The molecule has 0 aromatic heterocycles. The second kappa shape index (κ2) is 6.48. The molecule has 0 aliphatic heterocycles. The molecule has 5 nitrogen and oxygen atoms in total. The zero-order valence-electron chi connectivity index (χ0n) is 10.2. The first-order valence-corrected chi connectivity index (χ1v) is 5.63.